The van der Waals surface area contributed by atoms with Crippen LogP contribution in [0.4, 0.5) is 22.7 Å². The molecule has 7 aromatic rings. The highest BCUT2D eigenvalue weighted by atomic mass is 32.2. The first-order valence-electron chi connectivity index (χ1n) is 38.2. The number of likely N-dealkylation sites (N-methyl/N-ethyl adjacent to an activating group) is 4. The largest absolute Gasteiger partial charge is 0.363 e. The van der Waals surface area contributed by atoms with Crippen molar-refractivity contribution < 1.29 is 84.0 Å². The predicted octanol–water partition coefficient (Wildman–Crippen LogP) is 5.88. The van der Waals surface area contributed by atoms with Gasteiger partial charge in [-0.3, -0.25) is 58.0 Å². The van der Waals surface area contributed by atoms with Crippen LogP contribution < -0.4 is 13.5 Å². The first-order chi connectivity index (χ1) is 56.6. The second-order valence-corrected chi connectivity index (χ2v) is 45.0. The Morgan fingerprint density at radius 2 is 0.775 bits per heavy atom. The Morgan fingerprint density at radius 1 is 0.400 bits per heavy atom. The van der Waals surface area contributed by atoms with Crippen LogP contribution in [-0.2, 0) is 98.1 Å². The zero-order valence-electron chi connectivity index (χ0n) is 65.0. The molecule has 0 aromatic heterocycles. The van der Waals surface area contributed by atoms with E-state index in [2.05, 4.69) is 4.90 Å². The molecule has 4 bridgehead atoms. The van der Waals surface area contributed by atoms with Crippen molar-refractivity contribution in [2.75, 3.05) is 41.7 Å². The Morgan fingerprint density at radius 3 is 1.27 bits per heavy atom. The molecule has 120 heavy (non-hydrogen) atoms. The fourth-order valence-electron chi connectivity index (χ4n) is 22.9. The number of carbonyl (C=O) groups excluding carboxylic acids is 8. The minimum atomic E-state index is -4.68. The van der Waals surface area contributed by atoms with Crippen molar-refractivity contribution in [1.82, 2.24) is 39.2 Å². The van der Waals surface area contributed by atoms with Crippen molar-refractivity contribution in [3.8, 4) is 0 Å². The number of carbonyl (C=O) groups is 8. The maximum absolute atomic E-state index is 15.7. The highest BCUT2D eigenvalue weighted by molar-refractivity contribution is 8.49. The molecule has 0 radical (unpaired) electrons. The van der Waals surface area contributed by atoms with Gasteiger partial charge in [0.1, 0.15) is 25.6 Å². The van der Waals surface area contributed by atoms with E-state index in [0.29, 0.717) is 34.3 Å². The van der Waals surface area contributed by atoms with Crippen LogP contribution in [0, 0.1) is 0 Å². The van der Waals surface area contributed by atoms with Crippen LogP contribution in [0.15, 0.2) is 198 Å². The number of sulfonamides is 2. The number of thioether (sulfide) groups is 4. The van der Waals surface area contributed by atoms with Crippen molar-refractivity contribution in [3.63, 3.8) is 0 Å². The standard InChI is InChI=1S/C45H38N6O6S7.C37H37N5O10S.O2S/c1-40-34(52)49-32-42(24-44(49,36(54)46(40)3)62-38(58)60-40,28-19-11-13-21-30(28)48(32)26-15-7-5-8-16-26)23-43-25-45-37(55)47(4)41(2,61-39(59)63-45)35(53)50(45)33(43)51(31-22-14-12-20-29(31)43)64(56,57)27-17-9-6-10-18-27;1-32(47)28(43)40-26-18-21-12-8-9-15-23(21)34(26,19-36(40,49)30(45)38(32)3)35-20-37(50)31(46)39(4)33(2,48)29(44)41(37)27(35)42(25-17-11-10-16-24(25)35)53(51,52)22-13-6-5-7-14-22;1-3-2/h5-22,32-33H,23-25H2,1-4H3;5-17,26-27,47-50H,18-20H2,1-4H3;. The minimum Gasteiger partial charge on any atom is -0.363 e. The van der Waals surface area contributed by atoms with Crippen LogP contribution in [0.3, 0.4) is 0 Å². The predicted molar refractivity (Wildman–Crippen MR) is 452 cm³/mol. The number of hydrogen-bond acceptors (Lipinski definition) is 25. The normalized spacial score (nSPS) is 36.1. The summed E-state index contributed by atoms with van der Waals surface area (Å²) >= 11 is 16.0. The first-order valence-corrected chi connectivity index (χ1v) is 45.8. The molecule has 8 amide bonds. The van der Waals surface area contributed by atoms with Crippen LogP contribution in [0.25, 0.3) is 0 Å². The van der Waals surface area contributed by atoms with Gasteiger partial charge in [-0.1, -0.05) is 205 Å². The number of aliphatic hydroxyl groups is 4. The van der Waals surface area contributed by atoms with E-state index in [-0.39, 0.29) is 64.4 Å². The number of piperazine rings is 4. The summed E-state index contributed by atoms with van der Waals surface area (Å²) in [6.07, 6.45) is -4.87. The second kappa shape index (κ2) is 25.7. The molecule has 29 nitrogen and oxygen atoms in total. The third-order valence-electron chi connectivity index (χ3n) is 28.1. The second-order valence-electron chi connectivity index (χ2n) is 33.5. The molecule has 1 aliphatic carbocycles. The summed E-state index contributed by atoms with van der Waals surface area (Å²) in [5.41, 5.74) is -11.3. The minimum absolute atomic E-state index is 0.00522. The molecule has 15 aliphatic heterocycles. The van der Waals surface area contributed by atoms with E-state index >= 15 is 36.0 Å². The number of anilines is 4. The van der Waals surface area contributed by atoms with Gasteiger partial charge in [0.25, 0.3) is 67.3 Å². The zero-order chi connectivity index (χ0) is 85.5. The maximum Gasteiger partial charge on any atom is 0.335 e. The highest BCUT2D eigenvalue weighted by Crippen LogP contribution is 2.77. The van der Waals surface area contributed by atoms with Gasteiger partial charge in [-0.25, -0.2) is 25.4 Å². The van der Waals surface area contributed by atoms with E-state index in [1.165, 1.54) is 75.0 Å². The smallest absolute Gasteiger partial charge is 0.335 e. The lowest BCUT2D eigenvalue weighted by Gasteiger charge is -2.51. The molecule has 16 aliphatic rings. The van der Waals surface area contributed by atoms with Crippen molar-refractivity contribution in [1.29, 1.82) is 0 Å². The summed E-state index contributed by atoms with van der Waals surface area (Å²) in [5.74, 6) is -5.54. The highest BCUT2D eigenvalue weighted by Gasteiger charge is 2.88. The average molecular weight is 1790 g/mol. The van der Waals surface area contributed by atoms with Gasteiger partial charge >= 0.3 is 11.6 Å². The Kier molecular flexibility index (Phi) is 17.3. The number of fused-ring (bicyclic) bond motifs is 23. The number of nitrogens with zero attached hydrogens (tertiary/aromatic N) is 11. The number of para-hydroxylation sites is 4. The van der Waals surface area contributed by atoms with Gasteiger partial charge in [0, 0.05) is 81.5 Å². The molecular weight excluding hydrogens is 1720 g/mol. The summed E-state index contributed by atoms with van der Waals surface area (Å²) in [4.78, 5) is 126. The van der Waals surface area contributed by atoms with E-state index in [4.69, 9.17) is 32.9 Å². The van der Waals surface area contributed by atoms with Crippen LogP contribution >= 0.6 is 71.5 Å². The van der Waals surface area contributed by atoms with Crippen molar-refractivity contribution >= 4 is 180 Å². The molecule has 0 saturated carbocycles. The van der Waals surface area contributed by atoms with Gasteiger partial charge in [-0.05, 0) is 123 Å². The van der Waals surface area contributed by atoms with E-state index in [0.717, 1.165) is 80.4 Å². The Hall–Kier alpha value is -9.16. The fraction of sp³-hybridized carbons (Fsp3) is 0.366. The van der Waals surface area contributed by atoms with Gasteiger partial charge in [-0.15, -0.1) is 0 Å². The molecule has 7 aromatic carbocycles. The Bertz CT molecular complexity index is 6140. The molecule has 12 fully saturated rings. The van der Waals surface area contributed by atoms with E-state index in [1.807, 2.05) is 66.7 Å². The quantitative estimate of drug-likeness (QED) is 0.129. The zero-order valence-corrected chi connectivity index (χ0v) is 72.4. The third kappa shape index (κ3) is 9.46. The lowest BCUT2D eigenvalue weighted by molar-refractivity contribution is -0.224. The van der Waals surface area contributed by atoms with Crippen LogP contribution in [0.1, 0.15) is 87.6 Å². The summed E-state index contributed by atoms with van der Waals surface area (Å²) in [7, 11) is -3.50. The third-order valence-corrected chi connectivity index (χ3v) is 37.8. The average Bonchev–Trinajstić information content (AvgIpc) is 1.45. The number of rotatable bonds is 8. The van der Waals surface area contributed by atoms with E-state index in [9.17, 15) is 39.6 Å². The number of thiocarbonyl (C=S) groups is 2. The molecule has 2 spiro atoms. The maximum atomic E-state index is 15.7. The number of amides is 8. The Balaban J connectivity index is 0.000000156. The van der Waals surface area contributed by atoms with Gasteiger partial charge in [0.05, 0.1) is 32.6 Å². The van der Waals surface area contributed by atoms with Crippen LogP contribution in [0.2, 0.25) is 0 Å². The van der Waals surface area contributed by atoms with E-state index in [1.54, 1.807) is 129 Å². The van der Waals surface area contributed by atoms with E-state index < -0.39 is 163 Å². The molecule has 12 saturated heterocycles. The van der Waals surface area contributed by atoms with Crippen molar-refractivity contribution in [3.05, 3.63) is 216 Å². The first kappa shape index (κ1) is 80.6. The van der Waals surface area contributed by atoms with Crippen LogP contribution in [-0.4, -0.2) is 234 Å². The summed E-state index contributed by atoms with van der Waals surface area (Å²) in [6.45, 7) is 5.65. The fourth-order valence-corrected chi connectivity index (χ4v) is 33.9. The van der Waals surface area contributed by atoms with Crippen LogP contribution in [0.5, 0.6) is 0 Å². The molecule has 16 unspecified atom stereocenters. The van der Waals surface area contributed by atoms with Crippen molar-refractivity contribution in [2.45, 2.75) is 165 Å². The monoisotopic (exact) mass is 1790 g/mol. The molecular formula is C82H75N11O18S9. The number of benzene rings is 7. The summed E-state index contributed by atoms with van der Waals surface area (Å²) in [5, 5.41) is 48.5. The van der Waals surface area contributed by atoms with Gasteiger partial charge in [0.2, 0.25) is 22.9 Å². The Labute approximate surface area is 720 Å². The molecule has 16 atom stereocenters. The molecule has 4 N–H and O–H groups in total. The molecule has 23 rings (SSSR count). The molecule has 15 heterocycles. The summed E-state index contributed by atoms with van der Waals surface area (Å²) < 4.78 is 81.2. The van der Waals surface area contributed by atoms with Gasteiger partial charge in [0.15, 0.2) is 19.5 Å². The lowest BCUT2D eigenvalue weighted by Crippen LogP contribution is -2.76. The topological polar surface area (TPSA) is 356 Å². The van der Waals surface area contributed by atoms with Gasteiger partial charge in [-0.2, -0.15) is 8.42 Å². The lowest BCUT2D eigenvalue weighted by atomic mass is 9.53. The molecule has 620 valence electrons. The SMILES string of the molecule is CN1C(=O)C2(O)CC3(C45CC6(O)C(=O)N(C)C(C)(O)C(=O)N6C4N(S(=O)(=O)c4ccccc4)c4ccccc45)c4ccccc4CC3N2C(=O)C1(C)O.CN1C(=O)C23CC4(CC56CC78SC(=S)SC(C)(C(=O)N7C5N(S(=O)(=O)c5ccccc5)c5ccccc56)N(C)C8=O)c5ccccc5N(c5ccccc5)C4N2C(=O)C1(C)SC(=S)S3.O=S=O. The van der Waals surface area contributed by atoms with Crippen molar-refractivity contribution in [2.24, 2.45) is 0 Å². The number of hydrogen-bond donors (Lipinski definition) is 4. The van der Waals surface area contributed by atoms with Gasteiger partial charge < -0.3 is 44.9 Å². The summed E-state index contributed by atoms with van der Waals surface area (Å²) in [6, 6.07) is 52.9. The molecule has 38 heteroatoms.